The van der Waals surface area contributed by atoms with Gasteiger partial charge >= 0.3 is 0 Å². The van der Waals surface area contributed by atoms with Crippen LogP contribution in [-0.2, 0) is 4.74 Å². The van der Waals surface area contributed by atoms with E-state index in [1.807, 2.05) is 0 Å². The van der Waals surface area contributed by atoms with Gasteiger partial charge in [0.15, 0.2) is 5.65 Å². The lowest BCUT2D eigenvalue weighted by atomic mass is 10.0. The smallest absolute Gasteiger partial charge is 0.159 e. The number of aromatic amines is 1. The summed E-state index contributed by atoms with van der Waals surface area (Å²) in [5, 5.41) is 4.30. The predicted molar refractivity (Wildman–Crippen MR) is 153 cm³/mol. The first-order valence-electron chi connectivity index (χ1n) is 13.8. The minimum absolute atomic E-state index is 0.397. The number of halogens is 1. The van der Waals surface area contributed by atoms with Gasteiger partial charge in [0.25, 0.3) is 0 Å². The lowest BCUT2D eigenvalue weighted by Crippen LogP contribution is -2.38. The Bertz CT molecular complexity index is 1140. The monoisotopic (exact) mass is 525 g/mol. The van der Waals surface area contributed by atoms with Gasteiger partial charge in [0.05, 0.1) is 23.5 Å². The molecule has 0 bridgehead atoms. The summed E-state index contributed by atoms with van der Waals surface area (Å²) in [6.45, 7) is 14.5. The van der Waals surface area contributed by atoms with Crippen molar-refractivity contribution in [3.05, 3.63) is 35.5 Å². The maximum absolute atomic E-state index is 6.59. The third-order valence-corrected chi connectivity index (χ3v) is 7.99. The number of rotatable bonds is 9. The molecular weight excluding hydrogens is 486 g/mol. The molecule has 2 aromatic heterocycles. The molecule has 200 valence electrons. The number of likely N-dealkylation sites (tertiary alicyclic amines) is 1. The average Bonchev–Trinajstić information content (AvgIpc) is 3.23. The third-order valence-electron chi connectivity index (χ3n) is 7.70. The number of nitrogens with zero attached hydrogens (tertiary/aromatic N) is 5. The number of piperidine rings is 1. The van der Waals surface area contributed by atoms with Crippen LogP contribution in [0, 0.1) is 0 Å². The number of aromatic nitrogens is 3. The number of nitrogens with one attached hydrogen (secondary N) is 2. The van der Waals surface area contributed by atoms with Crippen LogP contribution in [-0.4, -0.2) is 96.4 Å². The topological polar surface area (TPSA) is 72.6 Å². The number of H-pyrrole nitrogens is 1. The number of fused-ring (bicyclic) bond motifs is 1. The summed E-state index contributed by atoms with van der Waals surface area (Å²) in [5.74, 6) is 0.818. The normalized spacial score (nSPS) is 18.4. The molecule has 5 rings (SSSR count). The van der Waals surface area contributed by atoms with Crippen LogP contribution < -0.4 is 10.2 Å². The number of pyridine rings is 1. The minimum atomic E-state index is 0.397. The zero-order chi connectivity index (χ0) is 25.6. The molecule has 2 aliphatic heterocycles. The van der Waals surface area contributed by atoms with Gasteiger partial charge in [-0.1, -0.05) is 18.5 Å². The van der Waals surface area contributed by atoms with Crippen molar-refractivity contribution in [2.24, 2.45) is 0 Å². The van der Waals surface area contributed by atoms with E-state index in [9.17, 15) is 0 Å². The first-order valence-corrected chi connectivity index (χ1v) is 14.2. The van der Waals surface area contributed by atoms with E-state index in [2.05, 4.69) is 68.1 Å². The molecule has 0 aliphatic carbocycles. The van der Waals surface area contributed by atoms with Crippen LogP contribution in [0.1, 0.15) is 33.1 Å². The molecule has 0 spiro atoms. The van der Waals surface area contributed by atoms with Crippen molar-refractivity contribution in [2.75, 3.05) is 75.8 Å². The zero-order valence-electron chi connectivity index (χ0n) is 22.2. The molecule has 4 heterocycles. The standard InChI is InChI=1S/C28H40ClN7O/c1-3-34-14-10-22(11-15-34)31-25-24(29)20-30-28-26(25)32-27(33-28)21-6-8-23(9-7-21)36-13-5-12-35(16-17-36)18-19-37-4-2/h6-9,20,22H,3-5,10-19H2,1-2H3,(H2,30,31,32,33). The van der Waals surface area contributed by atoms with Crippen molar-refractivity contribution in [3.63, 3.8) is 0 Å². The fraction of sp³-hybridized carbons (Fsp3) is 0.571. The number of imidazole rings is 1. The number of hydrogen-bond donors (Lipinski definition) is 2. The zero-order valence-corrected chi connectivity index (χ0v) is 22.9. The molecule has 8 nitrogen and oxygen atoms in total. The molecule has 0 atom stereocenters. The van der Waals surface area contributed by atoms with Crippen molar-refractivity contribution in [3.8, 4) is 11.4 Å². The van der Waals surface area contributed by atoms with Crippen molar-refractivity contribution < 1.29 is 4.74 Å². The van der Waals surface area contributed by atoms with Crippen molar-refractivity contribution in [1.82, 2.24) is 24.8 Å². The molecule has 37 heavy (non-hydrogen) atoms. The van der Waals surface area contributed by atoms with Gasteiger partial charge in [0.1, 0.15) is 11.3 Å². The van der Waals surface area contributed by atoms with Crippen LogP contribution in [0.25, 0.3) is 22.6 Å². The van der Waals surface area contributed by atoms with E-state index in [4.69, 9.17) is 21.3 Å². The highest BCUT2D eigenvalue weighted by Crippen LogP contribution is 2.32. The molecule has 2 N–H and O–H groups in total. The van der Waals surface area contributed by atoms with Gasteiger partial charge in [-0.05, 0) is 63.5 Å². The quantitative estimate of drug-likeness (QED) is 0.391. The van der Waals surface area contributed by atoms with E-state index >= 15 is 0 Å². The fourth-order valence-electron chi connectivity index (χ4n) is 5.42. The fourth-order valence-corrected chi connectivity index (χ4v) is 5.62. The van der Waals surface area contributed by atoms with Crippen molar-refractivity contribution >= 4 is 34.1 Å². The SMILES string of the molecule is CCOCCN1CCCN(c2ccc(-c3nc4c(NC5CCN(CC)CC5)c(Cl)cnc4[nH]3)cc2)CC1. The molecule has 0 radical (unpaired) electrons. The van der Waals surface area contributed by atoms with Gasteiger partial charge in [-0.2, -0.15) is 0 Å². The van der Waals surface area contributed by atoms with Gasteiger partial charge in [0.2, 0.25) is 0 Å². The predicted octanol–water partition coefficient (Wildman–Crippen LogP) is 4.72. The number of benzene rings is 1. The molecule has 2 fully saturated rings. The van der Waals surface area contributed by atoms with E-state index in [0.29, 0.717) is 11.1 Å². The summed E-state index contributed by atoms with van der Waals surface area (Å²) in [6, 6.07) is 9.12. The summed E-state index contributed by atoms with van der Waals surface area (Å²) in [4.78, 5) is 20.3. The Morgan fingerprint density at radius 2 is 1.84 bits per heavy atom. The minimum Gasteiger partial charge on any atom is -0.380 e. The van der Waals surface area contributed by atoms with Crippen LogP contribution in [0.2, 0.25) is 5.02 Å². The molecule has 2 saturated heterocycles. The molecule has 3 aromatic rings. The maximum Gasteiger partial charge on any atom is 0.159 e. The molecule has 0 saturated carbocycles. The Balaban J connectivity index is 1.27. The van der Waals surface area contributed by atoms with E-state index in [1.54, 1.807) is 6.20 Å². The van der Waals surface area contributed by atoms with Crippen LogP contribution in [0.15, 0.2) is 30.5 Å². The highest BCUT2D eigenvalue weighted by Gasteiger charge is 2.21. The molecule has 0 amide bonds. The van der Waals surface area contributed by atoms with E-state index in [-0.39, 0.29) is 0 Å². The first kappa shape index (κ1) is 26.2. The van der Waals surface area contributed by atoms with Gasteiger partial charge in [-0.15, -0.1) is 0 Å². The number of hydrogen-bond acceptors (Lipinski definition) is 7. The molecule has 0 unspecified atom stereocenters. The molecule has 2 aliphatic rings. The van der Waals surface area contributed by atoms with E-state index < -0.39 is 0 Å². The molecule has 9 heteroatoms. The summed E-state index contributed by atoms with van der Waals surface area (Å²) in [5.41, 5.74) is 4.77. The number of ether oxygens (including phenoxy) is 1. The van der Waals surface area contributed by atoms with Crippen LogP contribution in [0.3, 0.4) is 0 Å². The lowest BCUT2D eigenvalue weighted by Gasteiger charge is -2.32. The van der Waals surface area contributed by atoms with E-state index in [0.717, 1.165) is 113 Å². The third kappa shape index (κ3) is 6.37. The number of anilines is 2. The van der Waals surface area contributed by atoms with Gasteiger partial charge < -0.3 is 24.8 Å². The summed E-state index contributed by atoms with van der Waals surface area (Å²) in [6.07, 6.45) is 5.09. The summed E-state index contributed by atoms with van der Waals surface area (Å²) < 4.78 is 5.54. The molecular formula is C28H40ClN7O. The second-order valence-corrected chi connectivity index (χ2v) is 10.4. The second-order valence-electron chi connectivity index (χ2n) is 10.0. The summed E-state index contributed by atoms with van der Waals surface area (Å²) >= 11 is 6.59. The Morgan fingerprint density at radius 3 is 2.59 bits per heavy atom. The van der Waals surface area contributed by atoms with Crippen LogP contribution in [0.5, 0.6) is 0 Å². The van der Waals surface area contributed by atoms with Crippen molar-refractivity contribution in [2.45, 2.75) is 39.2 Å². The van der Waals surface area contributed by atoms with Gasteiger partial charge in [-0.25, -0.2) is 9.97 Å². The van der Waals surface area contributed by atoms with Gasteiger partial charge in [0, 0.05) is 63.2 Å². The Hall–Kier alpha value is -2.39. The van der Waals surface area contributed by atoms with Gasteiger partial charge in [-0.3, -0.25) is 4.90 Å². The Kier molecular flexibility index (Phi) is 8.81. The second kappa shape index (κ2) is 12.4. The highest BCUT2D eigenvalue weighted by molar-refractivity contribution is 6.34. The Morgan fingerprint density at radius 1 is 1.03 bits per heavy atom. The van der Waals surface area contributed by atoms with Crippen molar-refractivity contribution in [1.29, 1.82) is 0 Å². The van der Waals surface area contributed by atoms with Crippen LogP contribution >= 0.6 is 11.6 Å². The van der Waals surface area contributed by atoms with E-state index in [1.165, 1.54) is 5.69 Å². The maximum atomic E-state index is 6.59. The average molecular weight is 526 g/mol. The largest absolute Gasteiger partial charge is 0.380 e. The van der Waals surface area contributed by atoms with Crippen LogP contribution in [0.4, 0.5) is 11.4 Å². The first-order chi connectivity index (χ1) is 18.1. The molecule has 1 aromatic carbocycles. The Labute approximate surface area is 225 Å². The summed E-state index contributed by atoms with van der Waals surface area (Å²) in [7, 11) is 0. The lowest BCUT2D eigenvalue weighted by molar-refractivity contribution is 0.116. The highest BCUT2D eigenvalue weighted by atomic mass is 35.5.